The normalized spacial score (nSPS) is 25.9. The lowest BCUT2D eigenvalue weighted by atomic mass is 9.98. The van der Waals surface area contributed by atoms with Gasteiger partial charge in [0.15, 0.2) is 0 Å². The molecule has 0 aromatic heterocycles. The highest BCUT2D eigenvalue weighted by molar-refractivity contribution is 8.01. The Labute approximate surface area is 172 Å². The van der Waals surface area contributed by atoms with E-state index in [1.165, 1.54) is 4.90 Å². The number of hydrogen-bond donors (Lipinski definition) is 1. The third-order valence-electron chi connectivity index (χ3n) is 6.70. The molecule has 3 aliphatic rings. The van der Waals surface area contributed by atoms with Crippen molar-refractivity contribution >= 4 is 23.6 Å². The van der Waals surface area contributed by atoms with E-state index >= 15 is 0 Å². The maximum Gasteiger partial charge on any atom is 0.239 e. The minimum atomic E-state index is -0.294. The van der Waals surface area contributed by atoms with Crippen LogP contribution >= 0.6 is 11.8 Å². The highest BCUT2D eigenvalue weighted by atomic mass is 32.2. The molecule has 1 unspecified atom stereocenters. The number of primary amides is 1. The van der Waals surface area contributed by atoms with Gasteiger partial charge in [-0.25, -0.2) is 0 Å². The number of hydrogen-bond acceptors (Lipinski definition) is 4. The molecule has 0 radical (unpaired) electrons. The van der Waals surface area contributed by atoms with Gasteiger partial charge in [-0.05, 0) is 57.2 Å². The zero-order chi connectivity index (χ0) is 19.6. The summed E-state index contributed by atoms with van der Waals surface area (Å²) in [6.07, 6.45) is 8.03. The molecule has 2 aliphatic heterocycles. The van der Waals surface area contributed by atoms with Gasteiger partial charge >= 0.3 is 0 Å². The first-order valence-corrected chi connectivity index (χ1v) is 11.5. The van der Waals surface area contributed by atoms with Crippen molar-refractivity contribution in [2.45, 2.75) is 73.1 Å². The molecule has 0 bridgehead atoms. The third kappa shape index (κ3) is 3.94. The molecular formula is C22H31N3O2S. The second kappa shape index (κ2) is 8.46. The molecule has 2 heterocycles. The third-order valence-corrected chi connectivity index (χ3v) is 8.18. The smallest absolute Gasteiger partial charge is 0.239 e. The maximum absolute atomic E-state index is 13.5. The Bertz CT molecular complexity index is 697. The van der Waals surface area contributed by atoms with Gasteiger partial charge < -0.3 is 10.6 Å². The summed E-state index contributed by atoms with van der Waals surface area (Å²) in [5.41, 5.74) is 5.60. The molecule has 3 fully saturated rings. The second-order valence-corrected chi connectivity index (χ2v) is 9.90. The van der Waals surface area contributed by atoms with Crippen LogP contribution in [0.25, 0.3) is 0 Å². The average Bonchev–Trinajstić information content (AvgIpc) is 3.39. The summed E-state index contributed by atoms with van der Waals surface area (Å²) in [5.74, 6) is 0.130. The highest BCUT2D eigenvalue weighted by Crippen LogP contribution is 2.47. The van der Waals surface area contributed by atoms with Crippen LogP contribution in [0.3, 0.4) is 0 Å². The number of likely N-dealkylation sites (tertiary alicyclic amines) is 2. The van der Waals surface area contributed by atoms with Gasteiger partial charge in [0.2, 0.25) is 11.8 Å². The average molecular weight is 402 g/mol. The van der Waals surface area contributed by atoms with E-state index in [9.17, 15) is 9.59 Å². The number of benzene rings is 1. The van der Waals surface area contributed by atoms with Crippen LogP contribution in [-0.4, -0.2) is 58.1 Å². The monoisotopic (exact) mass is 401 g/mol. The van der Waals surface area contributed by atoms with Crippen molar-refractivity contribution in [3.63, 3.8) is 0 Å². The Morgan fingerprint density at radius 1 is 0.964 bits per heavy atom. The Morgan fingerprint density at radius 2 is 1.64 bits per heavy atom. The SMILES string of the molecule is NC(=O)C1CCCN1C1CCN(C(=O)C2(Sc3ccccc3)CCCC2)CC1. The predicted octanol–water partition coefficient (Wildman–Crippen LogP) is 3.03. The number of thioether (sulfide) groups is 1. The molecule has 0 spiro atoms. The van der Waals surface area contributed by atoms with Crippen LogP contribution in [0.15, 0.2) is 35.2 Å². The first-order chi connectivity index (χ1) is 13.6. The van der Waals surface area contributed by atoms with E-state index in [0.29, 0.717) is 11.9 Å². The zero-order valence-electron chi connectivity index (χ0n) is 16.5. The van der Waals surface area contributed by atoms with Crippen molar-refractivity contribution in [2.75, 3.05) is 19.6 Å². The van der Waals surface area contributed by atoms with Crippen molar-refractivity contribution in [3.8, 4) is 0 Å². The molecule has 1 aliphatic carbocycles. The maximum atomic E-state index is 13.5. The van der Waals surface area contributed by atoms with E-state index in [4.69, 9.17) is 5.73 Å². The van der Waals surface area contributed by atoms with Gasteiger partial charge in [-0.2, -0.15) is 0 Å². The van der Waals surface area contributed by atoms with Crippen LogP contribution in [-0.2, 0) is 9.59 Å². The van der Waals surface area contributed by atoms with Crippen molar-refractivity contribution in [1.82, 2.24) is 9.80 Å². The summed E-state index contributed by atoms with van der Waals surface area (Å²) in [7, 11) is 0. The van der Waals surface area contributed by atoms with E-state index < -0.39 is 0 Å². The van der Waals surface area contributed by atoms with E-state index in [1.807, 2.05) is 18.2 Å². The van der Waals surface area contributed by atoms with E-state index in [0.717, 1.165) is 71.0 Å². The largest absolute Gasteiger partial charge is 0.368 e. The summed E-state index contributed by atoms with van der Waals surface area (Å²) in [6.45, 7) is 2.55. The summed E-state index contributed by atoms with van der Waals surface area (Å²) in [4.78, 5) is 30.9. The lowest BCUT2D eigenvalue weighted by molar-refractivity contribution is -0.136. The fourth-order valence-electron chi connectivity index (χ4n) is 5.24. The molecule has 2 amide bonds. The summed E-state index contributed by atoms with van der Waals surface area (Å²) >= 11 is 1.77. The predicted molar refractivity (Wildman–Crippen MR) is 112 cm³/mol. The standard InChI is InChI=1S/C22H31N3O2S/c23-20(26)19-9-6-14-25(19)17-10-15-24(16-11-17)21(27)22(12-4-5-13-22)28-18-7-2-1-3-8-18/h1-3,7-8,17,19H,4-6,9-16H2,(H2,23,26). The van der Waals surface area contributed by atoms with Gasteiger partial charge in [-0.15, -0.1) is 11.8 Å². The Balaban J connectivity index is 1.40. The molecule has 1 saturated carbocycles. The second-order valence-electron chi connectivity index (χ2n) is 8.44. The van der Waals surface area contributed by atoms with Crippen LogP contribution in [0.1, 0.15) is 51.4 Å². The lowest BCUT2D eigenvalue weighted by Crippen LogP contribution is -2.54. The van der Waals surface area contributed by atoms with Crippen LogP contribution in [0.2, 0.25) is 0 Å². The van der Waals surface area contributed by atoms with Crippen molar-refractivity contribution < 1.29 is 9.59 Å². The number of carbonyl (C=O) groups excluding carboxylic acids is 2. The van der Waals surface area contributed by atoms with Crippen LogP contribution in [0, 0.1) is 0 Å². The van der Waals surface area contributed by atoms with Crippen molar-refractivity contribution in [2.24, 2.45) is 5.73 Å². The van der Waals surface area contributed by atoms with Gasteiger partial charge in [0, 0.05) is 24.0 Å². The molecule has 152 valence electrons. The van der Waals surface area contributed by atoms with Gasteiger partial charge in [-0.1, -0.05) is 31.0 Å². The van der Waals surface area contributed by atoms with E-state index in [1.54, 1.807) is 11.8 Å². The fourth-order valence-corrected chi connectivity index (χ4v) is 6.69. The molecule has 28 heavy (non-hydrogen) atoms. The Kier molecular flexibility index (Phi) is 5.97. The molecule has 1 aromatic carbocycles. The summed E-state index contributed by atoms with van der Waals surface area (Å²) in [6, 6.07) is 10.6. The number of amides is 2. The lowest BCUT2D eigenvalue weighted by Gasteiger charge is -2.41. The number of carbonyl (C=O) groups is 2. The zero-order valence-corrected chi connectivity index (χ0v) is 17.3. The van der Waals surface area contributed by atoms with E-state index in [-0.39, 0.29) is 16.7 Å². The molecule has 2 saturated heterocycles. The van der Waals surface area contributed by atoms with Gasteiger partial charge in [0.25, 0.3) is 0 Å². The quantitative estimate of drug-likeness (QED) is 0.824. The van der Waals surface area contributed by atoms with Crippen molar-refractivity contribution in [1.29, 1.82) is 0 Å². The Morgan fingerprint density at radius 3 is 2.29 bits per heavy atom. The first-order valence-electron chi connectivity index (χ1n) is 10.7. The molecule has 4 rings (SSSR count). The summed E-state index contributed by atoms with van der Waals surface area (Å²) in [5, 5.41) is 0. The molecule has 6 heteroatoms. The molecule has 1 aromatic rings. The van der Waals surface area contributed by atoms with Crippen LogP contribution in [0.4, 0.5) is 0 Å². The minimum Gasteiger partial charge on any atom is -0.368 e. The van der Waals surface area contributed by atoms with Gasteiger partial charge in [0.05, 0.1) is 10.8 Å². The molecular weight excluding hydrogens is 370 g/mol. The van der Waals surface area contributed by atoms with Gasteiger partial charge in [0.1, 0.15) is 0 Å². The fraction of sp³-hybridized carbons (Fsp3) is 0.636. The van der Waals surface area contributed by atoms with Gasteiger partial charge in [-0.3, -0.25) is 14.5 Å². The number of piperidine rings is 1. The van der Waals surface area contributed by atoms with E-state index in [2.05, 4.69) is 21.9 Å². The molecule has 1 atom stereocenters. The highest BCUT2D eigenvalue weighted by Gasteiger charge is 2.46. The number of rotatable bonds is 5. The topological polar surface area (TPSA) is 66.6 Å². The van der Waals surface area contributed by atoms with Crippen LogP contribution < -0.4 is 5.73 Å². The minimum absolute atomic E-state index is 0.109. The Hall–Kier alpha value is -1.53. The van der Waals surface area contributed by atoms with Crippen LogP contribution in [0.5, 0.6) is 0 Å². The van der Waals surface area contributed by atoms with Crippen molar-refractivity contribution in [3.05, 3.63) is 30.3 Å². The number of nitrogens with two attached hydrogens (primary N) is 1. The number of nitrogens with zero attached hydrogens (tertiary/aromatic N) is 2. The molecule has 2 N–H and O–H groups in total. The first kappa shape index (κ1) is 19.8. The molecule has 5 nitrogen and oxygen atoms in total. The summed E-state index contributed by atoms with van der Waals surface area (Å²) < 4.78 is -0.294.